The Kier molecular flexibility index (Phi) is 5.40. The molecule has 0 aliphatic carbocycles. The van der Waals surface area contributed by atoms with Crippen LogP contribution in [-0.4, -0.2) is 41.1 Å². The van der Waals surface area contributed by atoms with Gasteiger partial charge in [0.1, 0.15) is 0 Å². The zero-order chi connectivity index (χ0) is 13.0. The molecular weight excluding hydrogens is 240 g/mol. The summed E-state index contributed by atoms with van der Waals surface area (Å²) in [6, 6.07) is 0. The lowest BCUT2D eigenvalue weighted by atomic mass is 9.93. The molecule has 106 valence electrons. The van der Waals surface area contributed by atoms with Crippen LogP contribution in [0.1, 0.15) is 52.4 Å². The first-order valence-electron chi connectivity index (χ1n) is 7.77. The van der Waals surface area contributed by atoms with Crippen molar-refractivity contribution in [3.63, 3.8) is 0 Å². The van der Waals surface area contributed by atoms with Gasteiger partial charge in [0.15, 0.2) is 0 Å². The van der Waals surface area contributed by atoms with Gasteiger partial charge in [0.2, 0.25) is 0 Å². The summed E-state index contributed by atoms with van der Waals surface area (Å²) in [6.45, 7) is 8.10. The highest BCUT2D eigenvalue weighted by Crippen LogP contribution is 2.39. The van der Waals surface area contributed by atoms with Crippen molar-refractivity contribution in [1.82, 2.24) is 4.90 Å². The minimum Gasteiger partial charge on any atom is -0.329 e. The Balaban J connectivity index is 1.96. The summed E-state index contributed by atoms with van der Waals surface area (Å²) < 4.78 is 0. The molecule has 0 amide bonds. The Hall–Kier alpha value is 0.270. The van der Waals surface area contributed by atoms with E-state index >= 15 is 0 Å². The van der Waals surface area contributed by atoms with E-state index < -0.39 is 0 Å². The molecule has 3 unspecified atom stereocenters. The quantitative estimate of drug-likeness (QED) is 0.851. The van der Waals surface area contributed by atoms with Gasteiger partial charge in [-0.3, -0.25) is 4.90 Å². The molecule has 0 saturated carbocycles. The van der Waals surface area contributed by atoms with Crippen LogP contribution in [0.2, 0.25) is 0 Å². The molecular formula is C15H30N2S. The number of thioether (sulfide) groups is 1. The zero-order valence-electron chi connectivity index (χ0n) is 12.2. The first-order valence-corrected chi connectivity index (χ1v) is 8.82. The molecule has 0 bridgehead atoms. The summed E-state index contributed by atoms with van der Waals surface area (Å²) in [7, 11) is 0. The van der Waals surface area contributed by atoms with Crippen LogP contribution in [0.25, 0.3) is 0 Å². The van der Waals surface area contributed by atoms with E-state index in [1.165, 1.54) is 57.4 Å². The lowest BCUT2D eigenvalue weighted by Crippen LogP contribution is -2.54. The molecule has 2 saturated heterocycles. The first-order chi connectivity index (χ1) is 8.70. The molecule has 2 fully saturated rings. The van der Waals surface area contributed by atoms with Gasteiger partial charge < -0.3 is 5.73 Å². The molecule has 0 aromatic heterocycles. The highest BCUT2D eigenvalue weighted by molar-refractivity contribution is 8.00. The molecule has 2 rings (SSSR count). The summed E-state index contributed by atoms with van der Waals surface area (Å²) in [4.78, 5) is 2.75. The van der Waals surface area contributed by atoms with E-state index in [0.717, 1.165) is 17.7 Å². The Morgan fingerprint density at radius 2 is 2.17 bits per heavy atom. The smallest absolute Gasteiger partial charge is 0.0432 e. The molecule has 2 aliphatic rings. The van der Waals surface area contributed by atoms with Crippen molar-refractivity contribution in [2.45, 2.75) is 63.2 Å². The fourth-order valence-corrected chi connectivity index (χ4v) is 5.22. The van der Waals surface area contributed by atoms with E-state index in [2.05, 4.69) is 30.5 Å². The third-order valence-electron chi connectivity index (χ3n) is 4.90. The molecule has 3 atom stereocenters. The maximum atomic E-state index is 6.15. The molecule has 2 heterocycles. The van der Waals surface area contributed by atoms with Crippen molar-refractivity contribution in [3.8, 4) is 0 Å². The molecule has 0 radical (unpaired) electrons. The summed E-state index contributed by atoms with van der Waals surface area (Å²) in [5, 5.41) is 0.795. The van der Waals surface area contributed by atoms with Gasteiger partial charge >= 0.3 is 0 Å². The predicted molar refractivity (Wildman–Crippen MR) is 82.1 cm³/mol. The minimum atomic E-state index is 0.325. The van der Waals surface area contributed by atoms with Crippen LogP contribution in [0.3, 0.4) is 0 Å². The SMILES string of the molecule is CCCC1CCCN(C2(CN)CSC(C)C2)CC1. The highest BCUT2D eigenvalue weighted by atomic mass is 32.2. The van der Waals surface area contributed by atoms with E-state index in [4.69, 9.17) is 5.73 Å². The zero-order valence-corrected chi connectivity index (χ0v) is 13.0. The largest absolute Gasteiger partial charge is 0.329 e. The predicted octanol–water partition coefficient (Wildman–Crippen LogP) is 3.11. The Bertz CT molecular complexity index is 259. The van der Waals surface area contributed by atoms with Crippen molar-refractivity contribution >= 4 is 11.8 Å². The van der Waals surface area contributed by atoms with Gasteiger partial charge in [-0.2, -0.15) is 11.8 Å². The highest BCUT2D eigenvalue weighted by Gasteiger charge is 2.42. The van der Waals surface area contributed by atoms with E-state index in [-0.39, 0.29) is 0 Å². The molecule has 3 heteroatoms. The lowest BCUT2D eigenvalue weighted by molar-refractivity contribution is 0.115. The Labute approximate surface area is 117 Å². The molecule has 2 aliphatic heterocycles. The van der Waals surface area contributed by atoms with Crippen LogP contribution in [0.5, 0.6) is 0 Å². The molecule has 18 heavy (non-hydrogen) atoms. The number of hydrogen-bond acceptors (Lipinski definition) is 3. The van der Waals surface area contributed by atoms with Gasteiger partial charge in [0.25, 0.3) is 0 Å². The number of hydrogen-bond donors (Lipinski definition) is 1. The van der Waals surface area contributed by atoms with Crippen molar-refractivity contribution in [2.75, 3.05) is 25.4 Å². The third-order valence-corrected chi connectivity index (χ3v) is 6.34. The molecule has 0 spiro atoms. The van der Waals surface area contributed by atoms with Crippen molar-refractivity contribution in [3.05, 3.63) is 0 Å². The summed E-state index contributed by atoms with van der Waals surface area (Å²) in [6.07, 6.45) is 8.29. The van der Waals surface area contributed by atoms with E-state index in [9.17, 15) is 0 Å². The second-order valence-electron chi connectivity index (χ2n) is 6.33. The van der Waals surface area contributed by atoms with Crippen LogP contribution in [0, 0.1) is 5.92 Å². The second kappa shape index (κ2) is 6.62. The van der Waals surface area contributed by atoms with Gasteiger partial charge in [0.05, 0.1) is 0 Å². The van der Waals surface area contributed by atoms with Crippen LogP contribution < -0.4 is 5.73 Å². The molecule has 0 aromatic rings. The topological polar surface area (TPSA) is 29.3 Å². The first kappa shape index (κ1) is 14.7. The Morgan fingerprint density at radius 3 is 2.78 bits per heavy atom. The van der Waals surface area contributed by atoms with Gasteiger partial charge in [-0.1, -0.05) is 26.7 Å². The van der Waals surface area contributed by atoms with Crippen LogP contribution in [0.4, 0.5) is 0 Å². The van der Waals surface area contributed by atoms with E-state index in [1.807, 2.05) is 0 Å². The third kappa shape index (κ3) is 3.23. The monoisotopic (exact) mass is 270 g/mol. The standard InChI is InChI=1S/C15H30N2S/c1-3-5-14-6-4-8-17(9-7-14)15(11-16)10-13(2)18-12-15/h13-14H,3-12,16H2,1-2H3. The minimum absolute atomic E-state index is 0.325. The molecule has 0 aromatic carbocycles. The van der Waals surface area contributed by atoms with Gasteiger partial charge in [0, 0.05) is 23.1 Å². The molecule has 2 nitrogen and oxygen atoms in total. The van der Waals surface area contributed by atoms with Gasteiger partial charge in [-0.25, -0.2) is 0 Å². The number of nitrogens with zero attached hydrogens (tertiary/aromatic N) is 1. The number of nitrogens with two attached hydrogens (primary N) is 1. The fraction of sp³-hybridized carbons (Fsp3) is 1.00. The van der Waals surface area contributed by atoms with Crippen LogP contribution in [0.15, 0.2) is 0 Å². The van der Waals surface area contributed by atoms with E-state index in [1.54, 1.807) is 0 Å². The van der Waals surface area contributed by atoms with E-state index in [0.29, 0.717) is 5.54 Å². The summed E-state index contributed by atoms with van der Waals surface area (Å²) in [5.74, 6) is 2.23. The summed E-state index contributed by atoms with van der Waals surface area (Å²) in [5.41, 5.74) is 6.48. The molecule has 2 N–H and O–H groups in total. The second-order valence-corrected chi connectivity index (χ2v) is 7.75. The maximum Gasteiger partial charge on any atom is 0.0432 e. The van der Waals surface area contributed by atoms with Crippen molar-refractivity contribution in [1.29, 1.82) is 0 Å². The van der Waals surface area contributed by atoms with Gasteiger partial charge in [-0.05, 0) is 44.7 Å². The van der Waals surface area contributed by atoms with Crippen LogP contribution >= 0.6 is 11.8 Å². The van der Waals surface area contributed by atoms with Crippen molar-refractivity contribution in [2.24, 2.45) is 11.7 Å². The lowest BCUT2D eigenvalue weighted by Gasteiger charge is -2.40. The van der Waals surface area contributed by atoms with Crippen molar-refractivity contribution < 1.29 is 0 Å². The fourth-order valence-electron chi connectivity index (χ4n) is 3.78. The summed E-state index contributed by atoms with van der Waals surface area (Å²) >= 11 is 2.12. The normalized spacial score (nSPS) is 38.8. The van der Waals surface area contributed by atoms with Crippen LogP contribution in [-0.2, 0) is 0 Å². The average molecular weight is 270 g/mol. The number of rotatable bonds is 4. The van der Waals surface area contributed by atoms with Gasteiger partial charge in [-0.15, -0.1) is 0 Å². The maximum absolute atomic E-state index is 6.15. The Morgan fingerprint density at radius 1 is 1.33 bits per heavy atom. The number of likely N-dealkylation sites (tertiary alicyclic amines) is 1. The average Bonchev–Trinajstić information content (AvgIpc) is 2.60.